The number of aryl methyl sites for hydroxylation is 1. The van der Waals surface area contributed by atoms with E-state index in [1.54, 1.807) is 13.8 Å². The normalized spacial score (nSPS) is 14.0. The molecular weight excluding hydrogens is 310 g/mol. The van der Waals surface area contributed by atoms with Gasteiger partial charge in [0.05, 0.1) is 11.3 Å². The van der Waals surface area contributed by atoms with Gasteiger partial charge in [-0.2, -0.15) is 0 Å². The van der Waals surface area contributed by atoms with Crippen molar-refractivity contribution in [3.8, 4) is 0 Å². The second kappa shape index (κ2) is 8.19. The quantitative estimate of drug-likeness (QED) is 0.433. The van der Waals surface area contributed by atoms with Crippen molar-refractivity contribution in [1.29, 1.82) is 0 Å². The summed E-state index contributed by atoms with van der Waals surface area (Å²) in [5.41, 5.74) is -1.34. The van der Waals surface area contributed by atoms with Gasteiger partial charge in [0.25, 0.3) is 6.29 Å². The number of hydrogen-bond acceptors (Lipinski definition) is 5. The third-order valence-corrected chi connectivity index (χ3v) is 3.97. The summed E-state index contributed by atoms with van der Waals surface area (Å²) < 4.78 is 10.5. The highest BCUT2D eigenvalue weighted by atomic mass is 16.7. The Morgan fingerprint density at radius 1 is 1.12 bits per heavy atom. The first-order chi connectivity index (χ1) is 11.5. The molecule has 1 N–H and O–H groups in total. The minimum Gasteiger partial charge on any atom is -0.345 e. The third kappa shape index (κ3) is 3.90. The van der Waals surface area contributed by atoms with E-state index < -0.39 is 16.9 Å². The van der Waals surface area contributed by atoms with E-state index in [4.69, 9.17) is 9.47 Å². The van der Waals surface area contributed by atoms with Crippen molar-refractivity contribution in [2.45, 2.75) is 38.7 Å². The Bertz CT molecular complexity index is 679. The summed E-state index contributed by atoms with van der Waals surface area (Å²) in [4.78, 5) is 10.8. The van der Waals surface area contributed by atoms with Gasteiger partial charge < -0.3 is 14.6 Å². The van der Waals surface area contributed by atoms with E-state index in [1.165, 1.54) is 0 Å². The summed E-state index contributed by atoms with van der Waals surface area (Å²) in [6, 6.07) is 13.6. The van der Waals surface area contributed by atoms with E-state index in [9.17, 15) is 15.2 Å². The van der Waals surface area contributed by atoms with Crippen molar-refractivity contribution in [3.05, 3.63) is 58.1 Å². The Hall–Kier alpha value is -2.02. The SMILES string of the molecule is CCOC(OCC)C(O)(CCc1cccc2ccccc12)[N+](=O)[O-]. The van der Waals surface area contributed by atoms with Crippen molar-refractivity contribution in [2.75, 3.05) is 13.2 Å². The predicted molar refractivity (Wildman–Crippen MR) is 91.3 cm³/mol. The molecule has 2 aromatic carbocycles. The van der Waals surface area contributed by atoms with Gasteiger partial charge in [-0.25, -0.2) is 0 Å². The molecule has 2 rings (SSSR count). The summed E-state index contributed by atoms with van der Waals surface area (Å²) in [6.45, 7) is 3.85. The van der Waals surface area contributed by atoms with Crippen LogP contribution in [-0.4, -0.2) is 35.3 Å². The number of nitro groups is 1. The molecule has 0 spiro atoms. The Morgan fingerprint density at radius 2 is 1.75 bits per heavy atom. The zero-order valence-electron chi connectivity index (χ0n) is 14.0. The molecule has 6 nitrogen and oxygen atoms in total. The van der Waals surface area contributed by atoms with Crippen LogP contribution in [0.3, 0.4) is 0 Å². The van der Waals surface area contributed by atoms with Crippen LogP contribution >= 0.6 is 0 Å². The number of ether oxygens (including phenoxy) is 2. The molecule has 0 aliphatic carbocycles. The van der Waals surface area contributed by atoms with Gasteiger partial charge in [0.15, 0.2) is 0 Å². The molecule has 0 heterocycles. The maximum absolute atomic E-state index is 11.5. The summed E-state index contributed by atoms with van der Waals surface area (Å²) >= 11 is 0. The first kappa shape index (κ1) is 18.3. The lowest BCUT2D eigenvalue weighted by atomic mass is 9.97. The van der Waals surface area contributed by atoms with E-state index in [0.29, 0.717) is 6.42 Å². The van der Waals surface area contributed by atoms with Gasteiger partial charge in [0.2, 0.25) is 0 Å². The zero-order valence-corrected chi connectivity index (χ0v) is 14.0. The van der Waals surface area contributed by atoms with Gasteiger partial charge in [0.1, 0.15) is 0 Å². The standard InChI is InChI=1S/C18H23NO5/c1-3-23-17(24-4-2)18(20,19(21)22)13-12-15-10-7-9-14-8-5-6-11-16(14)15/h5-11,17,20H,3-4,12-13H2,1-2H3. The molecule has 0 saturated heterocycles. The minimum absolute atomic E-state index is 0.0985. The van der Waals surface area contributed by atoms with Gasteiger partial charge in [-0.05, 0) is 36.6 Å². The van der Waals surface area contributed by atoms with Crippen LogP contribution in [0.25, 0.3) is 10.8 Å². The number of fused-ring (bicyclic) bond motifs is 1. The fraction of sp³-hybridized carbons (Fsp3) is 0.444. The summed E-state index contributed by atoms with van der Waals surface area (Å²) in [7, 11) is 0. The van der Waals surface area contributed by atoms with Crippen molar-refractivity contribution in [2.24, 2.45) is 0 Å². The Labute approximate surface area is 141 Å². The molecule has 6 heteroatoms. The van der Waals surface area contributed by atoms with E-state index in [0.717, 1.165) is 16.3 Å². The van der Waals surface area contributed by atoms with Gasteiger partial charge in [-0.15, -0.1) is 0 Å². The van der Waals surface area contributed by atoms with Gasteiger partial charge in [0, 0.05) is 13.2 Å². The number of hydrogen-bond donors (Lipinski definition) is 1. The fourth-order valence-corrected chi connectivity index (χ4v) is 2.74. The summed E-state index contributed by atoms with van der Waals surface area (Å²) in [5.74, 6) is 0. The fourth-order valence-electron chi connectivity index (χ4n) is 2.74. The van der Waals surface area contributed by atoms with Crippen LogP contribution < -0.4 is 0 Å². The third-order valence-electron chi connectivity index (χ3n) is 3.97. The van der Waals surface area contributed by atoms with Crippen LogP contribution in [0.5, 0.6) is 0 Å². The predicted octanol–water partition coefficient (Wildman–Crippen LogP) is 3.14. The summed E-state index contributed by atoms with van der Waals surface area (Å²) in [6.07, 6.45) is -1.05. The molecule has 0 fully saturated rings. The molecule has 0 aliphatic heterocycles. The van der Waals surface area contributed by atoms with Crippen LogP contribution in [0.4, 0.5) is 0 Å². The zero-order chi connectivity index (χ0) is 17.6. The van der Waals surface area contributed by atoms with Gasteiger partial charge >= 0.3 is 5.72 Å². The lowest BCUT2D eigenvalue weighted by Crippen LogP contribution is -2.52. The van der Waals surface area contributed by atoms with E-state index in [2.05, 4.69) is 0 Å². The number of benzene rings is 2. The van der Waals surface area contributed by atoms with Gasteiger partial charge in [-0.3, -0.25) is 10.1 Å². The highest BCUT2D eigenvalue weighted by Crippen LogP contribution is 2.26. The van der Waals surface area contributed by atoms with Crippen molar-refractivity contribution in [1.82, 2.24) is 0 Å². The lowest BCUT2D eigenvalue weighted by Gasteiger charge is -2.27. The Kier molecular flexibility index (Phi) is 6.25. The minimum atomic E-state index is -2.29. The summed E-state index contributed by atoms with van der Waals surface area (Å²) in [5, 5.41) is 24.2. The second-order valence-corrected chi connectivity index (χ2v) is 5.52. The van der Waals surface area contributed by atoms with E-state index in [-0.39, 0.29) is 19.6 Å². The van der Waals surface area contributed by atoms with Crippen molar-refractivity contribution >= 4 is 10.8 Å². The molecule has 24 heavy (non-hydrogen) atoms. The Morgan fingerprint density at radius 3 is 2.38 bits per heavy atom. The van der Waals surface area contributed by atoms with Crippen LogP contribution in [0.1, 0.15) is 25.8 Å². The highest BCUT2D eigenvalue weighted by molar-refractivity contribution is 5.85. The number of aliphatic hydroxyl groups is 1. The Balaban J connectivity index is 2.25. The average molecular weight is 333 g/mol. The molecule has 0 radical (unpaired) electrons. The maximum Gasteiger partial charge on any atom is 0.373 e. The topological polar surface area (TPSA) is 81.8 Å². The number of nitrogens with zero attached hydrogens (tertiary/aromatic N) is 1. The molecule has 130 valence electrons. The molecule has 0 bridgehead atoms. The molecule has 0 saturated carbocycles. The largest absolute Gasteiger partial charge is 0.373 e. The first-order valence-electron chi connectivity index (χ1n) is 8.09. The lowest BCUT2D eigenvalue weighted by molar-refractivity contribution is -0.653. The molecule has 1 atom stereocenters. The average Bonchev–Trinajstić information content (AvgIpc) is 2.59. The maximum atomic E-state index is 11.5. The smallest absolute Gasteiger partial charge is 0.345 e. The van der Waals surface area contributed by atoms with Crippen LogP contribution in [0.15, 0.2) is 42.5 Å². The van der Waals surface area contributed by atoms with E-state index in [1.807, 2.05) is 42.5 Å². The van der Waals surface area contributed by atoms with Crippen LogP contribution in [-0.2, 0) is 15.9 Å². The van der Waals surface area contributed by atoms with E-state index >= 15 is 0 Å². The van der Waals surface area contributed by atoms with Crippen LogP contribution in [0.2, 0.25) is 0 Å². The van der Waals surface area contributed by atoms with Crippen molar-refractivity contribution < 1.29 is 19.5 Å². The monoisotopic (exact) mass is 333 g/mol. The second-order valence-electron chi connectivity index (χ2n) is 5.52. The first-order valence-corrected chi connectivity index (χ1v) is 8.09. The molecule has 0 aromatic heterocycles. The molecule has 2 aromatic rings. The van der Waals surface area contributed by atoms with Gasteiger partial charge in [-0.1, -0.05) is 42.5 Å². The number of rotatable bonds is 9. The molecule has 1 unspecified atom stereocenters. The molecule has 0 amide bonds. The molecule has 0 aliphatic rings. The van der Waals surface area contributed by atoms with Crippen molar-refractivity contribution in [3.63, 3.8) is 0 Å². The van der Waals surface area contributed by atoms with Crippen LogP contribution in [0, 0.1) is 10.1 Å². The molecular formula is C18H23NO5. The highest BCUT2D eigenvalue weighted by Gasteiger charge is 2.50.